The molecule has 0 aromatic heterocycles. The second kappa shape index (κ2) is 8.50. The van der Waals surface area contributed by atoms with Crippen LogP contribution in [0.3, 0.4) is 0 Å². The fourth-order valence-corrected chi connectivity index (χ4v) is 2.43. The predicted octanol–water partition coefficient (Wildman–Crippen LogP) is 3.71. The van der Waals surface area contributed by atoms with Gasteiger partial charge in [-0.2, -0.15) is 0 Å². The number of nitro groups is 1. The lowest BCUT2D eigenvalue weighted by atomic mass is 10.2. The molecule has 2 aromatic carbocycles. The maximum absolute atomic E-state index is 11.9. The summed E-state index contributed by atoms with van der Waals surface area (Å²) in [6.07, 6.45) is 0. The minimum atomic E-state index is -0.828. The number of esters is 1. The van der Waals surface area contributed by atoms with Crippen LogP contribution in [0, 0.1) is 10.1 Å². The lowest BCUT2D eigenvalue weighted by Crippen LogP contribution is -2.21. The molecule has 8 nitrogen and oxygen atoms in total. The summed E-state index contributed by atoms with van der Waals surface area (Å²) in [5, 5.41) is 13.8. The normalized spacial score (nSPS) is 10.1. The van der Waals surface area contributed by atoms with Gasteiger partial charge in [0.25, 0.3) is 11.6 Å². The number of hydrogen-bond donors (Lipinski definition) is 1. The SMILES string of the molecule is COc1ccc(NC(=O)COC(=O)c2ccc(Cl)cc2Cl)c([N+](=O)[O-])c1. The van der Waals surface area contributed by atoms with Gasteiger partial charge in [-0.1, -0.05) is 23.2 Å². The molecule has 2 rings (SSSR count). The van der Waals surface area contributed by atoms with Crippen LogP contribution in [-0.2, 0) is 9.53 Å². The topological polar surface area (TPSA) is 108 Å². The van der Waals surface area contributed by atoms with Gasteiger partial charge >= 0.3 is 5.97 Å². The zero-order chi connectivity index (χ0) is 19.3. The number of hydrogen-bond acceptors (Lipinski definition) is 6. The van der Waals surface area contributed by atoms with E-state index in [9.17, 15) is 19.7 Å². The standard InChI is InChI=1S/C16H12Cl2N2O6/c1-25-10-3-5-13(14(7-10)20(23)24)19-15(21)8-26-16(22)11-4-2-9(17)6-12(11)18/h2-7H,8H2,1H3,(H,19,21). The van der Waals surface area contributed by atoms with Gasteiger partial charge in [0.15, 0.2) is 6.61 Å². The number of methoxy groups -OCH3 is 1. The molecule has 0 radical (unpaired) electrons. The molecule has 0 fully saturated rings. The molecule has 0 unspecified atom stereocenters. The third kappa shape index (κ3) is 4.84. The Morgan fingerprint density at radius 2 is 1.92 bits per heavy atom. The maximum atomic E-state index is 11.9. The predicted molar refractivity (Wildman–Crippen MR) is 95.0 cm³/mol. The van der Waals surface area contributed by atoms with E-state index in [4.69, 9.17) is 32.7 Å². The van der Waals surface area contributed by atoms with Crippen molar-refractivity contribution in [2.45, 2.75) is 0 Å². The van der Waals surface area contributed by atoms with Crippen molar-refractivity contribution in [3.63, 3.8) is 0 Å². The van der Waals surface area contributed by atoms with E-state index in [1.54, 1.807) is 0 Å². The van der Waals surface area contributed by atoms with Crippen molar-refractivity contribution in [2.24, 2.45) is 0 Å². The third-order valence-corrected chi connectivity index (χ3v) is 3.71. The van der Waals surface area contributed by atoms with Crippen LogP contribution >= 0.6 is 23.2 Å². The lowest BCUT2D eigenvalue weighted by Gasteiger charge is -2.09. The molecular weight excluding hydrogens is 387 g/mol. The van der Waals surface area contributed by atoms with E-state index in [2.05, 4.69) is 5.32 Å². The minimum Gasteiger partial charge on any atom is -0.496 e. The molecule has 0 spiro atoms. The number of carbonyl (C=O) groups is 2. The van der Waals surface area contributed by atoms with Crippen LogP contribution in [0.25, 0.3) is 0 Å². The molecule has 1 amide bonds. The molecule has 1 N–H and O–H groups in total. The average Bonchev–Trinajstić information content (AvgIpc) is 2.59. The highest BCUT2D eigenvalue weighted by atomic mass is 35.5. The zero-order valence-electron chi connectivity index (χ0n) is 13.3. The van der Waals surface area contributed by atoms with Crippen LogP contribution in [0.5, 0.6) is 5.75 Å². The van der Waals surface area contributed by atoms with Crippen LogP contribution in [0.15, 0.2) is 36.4 Å². The van der Waals surface area contributed by atoms with E-state index in [1.165, 1.54) is 37.4 Å². The number of anilines is 1. The van der Waals surface area contributed by atoms with Crippen LogP contribution in [0.2, 0.25) is 10.0 Å². The summed E-state index contributed by atoms with van der Waals surface area (Å²) in [7, 11) is 1.36. The minimum absolute atomic E-state index is 0.0410. The largest absolute Gasteiger partial charge is 0.496 e. The molecule has 0 bridgehead atoms. The second-order valence-electron chi connectivity index (χ2n) is 4.89. The highest BCUT2D eigenvalue weighted by Gasteiger charge is 2.19. The highest BCUT2D eigenvalue weighted by molar-refractivity contribution is 6.36. The van der Waals surface area contributed by atoms with Gasteiger partial charge < -0.3 is 14.8 Å². The Morgan fingerprint density at radius 3 is 2.54 bits per heavy atom. The highest BCUT2D eigenvalue weighted by Crippen LogP contribution is 2.29. The van der Waals surface area contributed by atoms with Crippen molar-refractivity contribution in [2.75, 3.05) is 19.0 Å². The molecule has 0 aliphatic rings. The Morgan fingerprint density at radius 1 is 1.19 bits per heavy atom. The van der Waals surface area contributed by atoms with Gasteiger partial charge in [0.1, 0.15) is 11.4 Å². The number of rotatable bonds is 6. The summed E-state index contributed by atoms with van der Waals surface area (Å²) in [6, 6.07) is 8.09. The summed E-state index contributed by atoms with van der Waals surface area (Å²) < 4.78 is 9.76. The molecular formula is C16H12Cl2N2O6. The molecule has 0 atom stereocenters. The summed E-state index contributed by atoms with van der Waals surface area (Å²) in [5.74, 6) is -1.32. The van der Waals surface area contributed by atoms with Crippen molar-refractivity contribution in [3.8, 4) is 5.75 Å². The lowest BCUT2D eigenvalue weighted by molar-refractivity contribution is -0.384. The number of ether oxygens (including phenoxy) is 2. The first-order valence-corrected chi connectivity index (χ1v) is 7.82. The monoisotopic (exact) mass is 398 g/mol. The van der Waals surface area contributed by atoms with Gasteiger partial charge in [-0.05, 0) is 30.3 Å². The Labute approximate surface area is 157 Å². The molecule has 0 saturated heterocycles. The first kappa shape index (κ1) is 19.5. The Hall–Kier alpha value is -2.84. The maximum Gasteiger partial charge on any atom is 0.340 e. The van der Waals surface area contributed by atoms with E-state index in [0.29, 0.717) is 5.02 Å². The molecule has 0 aliphatic heterocycles. The van der Waals surface area contributed by atoms with Gasteiger partial charge in [-0.25, -0.2) is 4.79 Å². The first-order chi connectivity index (χ1) is 12.3. The molecule has 2 aromatic rings. The zero-order valence-corrected chi connectivity index (χ0v) is 14.8. The van der Waals surface area contributed by atoms with Crippen LogP contribution in [0.4, 0.5) is 11.4 Å². The second-order valence-corrected chi connectivity index (χ2v) is 5.73. The van der Waals surface area contributed by atoms with Crippen molar-refractivity contribution < 1.29 is 24.0 Å². The smallest absolute Gasteiger partial charge is 0.340 e. The van der Waals surface area contributed by atoms with Gasteiger partial charge in [-0.15, -0.1) is 0 Å². The fraction of sp³-hybridized carbons (Fsp3) is 0.125. The Balaban J connectivity index is 2.03. The van der Waals surface area contributed by atoms with Crippen LogP contribution in [-0.4, -0.2) is 30.5 Å². The van der Waals surface area contributed by atoms with Crippen molar-refractivity contribution >= 4 is 46.5 Å². The number of halogens is 2. The molecule has 136 valence electrons. The molecule has 0 heterocycles. The quantitative estimate of drug-likeness (QED) is 0.451. The summed E-state index contributed by atoms with van der Waals surface area (Å²) in [5.41, 5.74) is -0.370. The molecule has 10 heteroatoms. The van der Waals surface area contributed by atoms with Gasteiger partial charge in [0, 0.05) is 5.02 Å². The number of nitrogens with zero attached hydrogens (tertiary/aromatic N) is 1. The number of nitrogens with one attached hydrogen (secondary N) is 1. The number of amides is 1. The average molecular weight is 399 g/mol. The Kier molecular flexibility index (Phi) is 6.37. The molecule has 26 heavy (non-hydrogen) atoms. The molecule has 0 saturated carbocycles. The number of benzene rings is 2. The van der Waals surface area contributed by atoms with Crippen molar-refractivity contribution in [1.82, 2.24) is 0 Å². The number of carbonyl (C=O) groups excluding carboxylic acids is 2. The third-order valence-electron chi connectivity index (χ3n) is 3.16. The van der Waals surface area contributed by atoms with E-state index < -0.39 is 23.4 Å². The van der Waals surface area contributed by atoms with Gasteiger partial charge in [0.05, 0.1) is 28.7 Å². The van der Waals surface area contributed by atoms with E-state index >= 15 is 0 Å². The van der Waals surface area contributed by atoms with E-state index in [1.807, 2.05) is 0 Å². The fourth-order valence-electron chi connectivity index (χ4n) is 1.95. The van der Waals surface area contributed by atoms with E-state index in [-0.39, 0.29) is 27.7 Å². The summed E-state index contributed by atoms with van der Waals surface area (Å²) in [6.45, 7) is -0.652. The first-order valence-electron chi connectivity index (χ1n) is 7.06. The van der Waals surface area contributed by atoms with Crippen LogP contribution in [0.1, 0.15) is 10.4 Å². The Bertz CT molecular complexity index is 872. The van der Waals surface area contributed by atoms with E-state index in [0.717, 1.165) is 6.07 Å². The van der Waals surface area contributed by atoms with Crippen molar-refractivity contribution in [1.29, 1.82) is 0 Å². The number of nitro benzene ring substituents is 1. The van der Waals surface area contributed by atoms with Crippen LogP contribution < -0.4 is 10.1 Å². The summed E-state index contributed by atoms with van der Waals surface area (Å²) >= 11 is 11.6. The summed E-state index contributed by atoms with van der Waals surface area (Å²) in [4.78, 5) is 34.3. The van der Waals surface area contributed by atoms with Gasteiger partial charge in [-0.3, -0.25) is 14.9 Å². The van der Waals surface area contributed by atoms with Gasteiger partial charge in [0.2, 0.25) is 0 Å². The van der Waals surface area contributed by atoms with Crippen molar-refractivity contribution in [3.05, 3.63) is 62.1 Å². The molecule has 0 aliphatic carbocycles.